The monoisotopic (exact) mass is 176 g/mol. The van der Waals surface area contributed by atoms with Crippen LogP contribution in [0.1, 0.15) is 19.8 Å². The summed E-state index contributed by atoms with van der Waals surface area (Å²) < 4.78 is 5.55. The van der Waals surface area contributed by atoms with Crippen LogP contribution in [0, 0.1) is 0 Å². The summed E-state index contributed by atoms with van der Waals surface area (Å²) in [5, 5.41) is 0. The molecule has 0 unspecified atom stereocenters. The van der Waals surface area contributed by atoms with Gasteiger partial charge in [-0.05, 0) is 18.6 Å². The molecule has 0 radical (unpaired) electrons. The molecule has 0 saturated heterocycles. The van der Waals surface area contributed by atoms with Gasteiger partial charge >= 0.3 is 0 Å². The molecule has 1 nitrogen and oxygen atoms in total. The summed E-state index contributed by atoms with van der Waals surface area (Å²) in [6, 6.07) is 0. The van der Waals surface area contributed by atoms with Crippen molar-refractivity contribution in [3.63, 3.8) is 0 Å². The molecule has 13 heavy (non-hydrogen) atoms. The normalized spacial score (nSPS) is 15.0. The molecule has 1 aliphatic rings. The number of allylic oxidation sites excluding steroid dienone is 7. The first kappa shape index (κ1) is 9.85. The minimum Gasteiger partial charge on any atom is -0.494 e. The molecule has 0 fully saturated rings. The van der Waals surface area contributed by atoms with Crippen LogP contribution in [0.5, 0.6) is 0 Å². The van der Waals surface area contributed by atoms with Gasteiger partial charge in [-0.15, -0.1) is 0 Å². The number of hydrogen-bond acceptors (Lipinski definition) is 1. The Labute approximate surface area is 80.1 Å². The Hall–Kier alpha value is -1.24. The van der Waals surface area contributed by atoms with Crippen LogP contribution in [0.4, 0.5) is 0 Å². The van der Waals surface area contributed by atoms with Crippen molar-refractivity contribution in [3.05, 3.63) is 48.3 Å². The first-order valence-corrected chi connectivity index (χ1v) is 4.78. The number of rotatable bonds is 4. The van der Waals surface area contributed by atoms with Crippen LogP contribution in [0.3, 0.4) is 0 Å². The molecule has 0 aromatic rings. The fourth-order valence-corrected chi connectivity index (χ4v) is 0.979. The molecule has 0 saturated carbocycles. The Balaban J connectivity index is 2.39. The van der Waals surface area contributed by atoms with E-state index in [1.807, 2.05) is 42.5 Å². The maximum absolute atomic E-state index is 5.55. The van der Waals surface area contributed by atoms with Crippen molar-refractivity contribution < 1.29 is 4.74 Å². The molecule has 70 valence electrons. The number of unbranched alkanes of at least 4 members (excludes halogenated alkanes) is 1. The van der Waals surface area contributed by atoms with Gasteiger partial charge in [0.05, 0.1) is 6.61 Å². The molecule has 0 aromatic heterocycles. The molecule has 1 heteroatoms. The molecule has 0 spiro atoms. The van der Waals surface area contributed by atoms with Crippen LogP contribution in [-0.2, 0) is 4.74 Å². The zero-order valence-electron chi connectivity index (χ0n) is 8.07. The van der Waals surface area contributed by atoms with Crippen molar-refractivity contribution in [1.29, 1.82) is 0 Å². The highest BCUT2D eigenvalue weighted by Gasteiger charge is 1.91. The lowest BCUT2D eigenvalue weighted by molar-refractivity contribution is 0.219. The van der Waals surface area contributed by atoms with Crippen LogP contribution in [-0.4, -0.2) is 6.61 Å². The van der Waals surface area contributed by atoms with Crippen molar-refractivity contribution in [2.24, 2.45) is 0 Å². The van der Waals surface area contributed by atoms with Gasteiger partial charge in [-0.25, -0.2) is 0 Å². The predicted molar refractivity (Wildman–Crippen MR) is 56.4 cm³/mol. The Morgan fingerprint density at radius 3 is 2.69 bits per heavy atom. The summed E-state index contributed by atoms with van der Waals surface area (Å²) in [6.45, 7) is 2.97. The van der Waals surface area contributed by atoms with Gasteiger partial charge in [-0.2, -0.15) is 0 Å². The minimum atomic E-state index is 0.810. The van der Waals surface area contributed by atoms with Gasteiger partial charge < -0.3 is 4.74 Å². The second-order valence-electron chi connectivity index (χ2n) is 2.90. The second-order valence-corrected chi connectivity index (χ2v) is 2.90. The molecule has 0 aromatic carbocycles. The van der Waals surface area contributed by atoms with Crippen molar-refractivity contribution in [3.8, 4) is 0 Å². The van der Waals surface area contributed by atoms with E-state index in [-0.39, 0.29) is 0 Å². The van der Waals surface area contributed by atoms with E-state index in [4.69, 9.17) is 4.74 Å². The SMILES string of the molecule is CCCCOC1=CC=CC=CC=C1. The van der Waals surface area contributed by atoms with E-state index in [0.29, 0.717) is 0 Å². The second kappa shape index (κ2) is 6.30. The van der Waals surface area contributed by atoms with Crippen LogP contribution < -0.4 is 0 Å². The minimum absolute atomic E-state index is 0.810. The molecule has 0 bridgehead atoms. The summed E-state index contributed by atoms with van der Waals surface area (Å²) in [5.41, 5.74) is 0. The van der Waals surface area contributed by atoms with Gasteiger partial charge in [0.1, 0.15) is 5.76 Å². The van der Waals surface area contributed by atoms with Crippen LogP contribution in [0.25, 0.3) is 0 Å². The summed E-state index contributed by atoms with van der Waals surface area (Å²) in [4.78, 5) is 0. The van der Waals surface area contributed by atoms with E-state index >= 15 is 0 Å². The molecule has 0 N–H and O–H groups in total. The highest BCUT2D eigenvalue weighted by Crippen LogP contribution is 2.04. The summed E-state index contributed by atoms with van der Waals surface area (Å²) in [5.74, 6) is 0.939. The maximum Gasteiger partial charge on any atom is 0.119 e. The summed E-state index contributed by atoms with van der Waals surface area (Å²) >= 11 is 0. The fraction of sp³-hybridized carbons (Fsp3) is 0.333. The Morgan fingerprint density at radius 1 is 1.08 bits per heavy atom. The third-order valence-electron chi connectivity index (χ3n) is 1.73. The molecule has 0 heterocycles. The van der Waals surface area contributed by atoms with Crippen LogP contribution in [0.2, 0.25) is 0 Å². The quantitative estimate of drug-likeness (QED) is 0.597. The highest BCUT2D eigenvalue weighted by atomic mass is 16.5. The van der Waals surface area contributed by atoms with E-state index < -0.39 is 0 Å². The Morgan fingerprint density at radius 2 is 1.85 bits per heavy atom. The average Bonchev–Trinajstić information content (AvgIpc) is 2.08. The van der Waals surface area contributed by atoms with Gasteiger partial charge in [-0.3, -0.25) is 0 Å². The van der Waals surface area contributed by atoms with Crippen molar-refractivity contribution in [2.45, 2.75) is 19.8 Å². The Kier molecular flexibility index (Phi) is 4.77. The average molecular weight is 176 g/mol. The lowest BCUT2D eigenvalue weighted by atomic mass is 10.3. The van der Waals surface area contributed by atoms with Crippen molar-refractivity contribution in [1.82, 2.24) is 0 Å². The molecular weight excluding hydrogens is 160 g/mol. The first-order valence-electron chi connectivity index (χ1n) is 4.78. The highest BCUT2D eigenvalue weighted by molar-refractivity contribution is 5.27. The summed E-state index contributed by atoms with van der Waals surface area (Å²) in [7, 11) is 0. The fourth-order valence-electron chi connectivity index (χ4n) is 0.979. The maximum atomic E-state index is 5.55. The molecule has 0 aliphatic heterocycles. The lowest BCUT2D eigenvalue weighted by Crippen LogP contribution is -1.92. The van der Waals surface area contributed by atoms with Crippen molar-refractivity contribution in [2.75, 3.05) is 6.61 Å². The predicted octanol–water partition coefficient (Wildman–Crippen LogP) is 3.37. The molecular formula is C12H16O. The molecule has 0 atom stereocenters. The molecule has 0 amide bonds. The zero-order valence-corrected chi connectivity index (χ0v) is 8.07. The smallest absolute Gasteiger partial charge is 0.119 e. The first-order chi connectivity index (χ1) is 6.43. The topological polar surface area (TPSA) is 9.23 Å². The van der Waals surface area contributed by atoms with E-state index in [1.54, 1.807) is 0 Å². The number of ether oxygens (including phenoxy) is 1. The lowest BCUT2D eigenvalue weighted by Gasteiger charge is -2.05. The molecule has 1 rings (SSSR count). The van der Waals surface area contributed by atoms with E-state index in [0.717, 1.165) is 18.8 Å². The van der Waals surface area contributed by atoms with E-state index in [9.17, 15) is 0 Å². The van der Waals surface area contributed by atoms with Gasteiger partial charge in [0.25, 0.3) is 0 Å². The van der Waals surface area contributed by atoms with Gasteiger partial charge in [0.2, 0.25) is 0 Å². The third kappa shape index (κ3) is 4.36. The Bertz CT molecular complexity index is 244. The number of hydrogen-bond donors (Lipinski definition) is 0. The van der Waals surface area contributed by atoms with Crippen LogP contribution >= 0.6 is 0 Å². The zero-order chi connectivity index (χ0) is 9.36. The van der Waals surface area contributed by atoms with Crippen molar-refractivity contribution >= 4 is 0 Å². The standard InChI is InChI=1S/C12H16O/c1-2-3-11-13-12-9-7-5-4-6-8-10-12/h4-10H,2-3,11H2,1H3. The molecule has 1 aliphatic carbocycles. The van der Waals surface area contributed by atoms with Gasteiger partial charge in [-0.1, -0.05) is 43.7 Å². The van der Waals surface area contributed by atoms with Crippen LogP contribution in [0.15, 0.2) is 48.3 Å². The van der Waals surface area contributed by atoms with Gasteiger partial charge in [0, 0.05) is 0 Å². The summed E-state index contributed by atoms with van der Waals surface area (Å²) in [6.07, 6.45) is 16.2. The van der Waals surface area contributed by atoms with Gasteiger partial charge in [0.15, 0.2) is 0 Å². The largest absolute Gasteiger partial charge is 0.494 e. The third-order valence-corrected chi connectivity index (χ3v) is 1.73. The van der Waals surface area contributed by atoms with E-state index in [2.05, 4.69) is 6.92 Å². The van der Waals surface area contributed by atoms with E-state index in [1.165, 1.54) is 6.42 Å².